The van der Waals surface area contributed by atoms with Crippen molar-refractivity contribution in [2.75, 3.05) is 7.11 Å². The molecule has 0 aliphatic heterocycles. The van der Waals surface area contributed by atoms with Gasteiger partial charge in [-0.3, -0.25) is 0 Å². The Labute approximate surface area is 106 Å². The lowest BCUT2D eigenvalue weighted by Gasteiger charge is -2.27. The zero-order valence-corrected chi connectivity index (χ0v) is 11.2. The van der Waals surface area contributed by atoms with Crippen LogP contribution in [-0.2, 0) is 10.6 Å². The van der Waals surface area contributed by atoms with E-state index in [-0.39, 0.29) is 6.10 Å². The second kappa shape index (κ2) is 5.99. The molecule has 2 rings (SSSR count). The first-order valence-corrected chi connectivity index (χ1v) is 7.29. The number of halogens is 1. The molecule has 1 aromatic heterocycles. The summed E-state index contributed by atoms with van der Waals surface area (Å²) in [5, 5.41) is 3.14. The number of nitrogens with zero attached hydrogens (tertiary/aromatic N) is 1. The van der Waals surface area contributed by atoms with Crippen LogP contribution in [0, 0.1) is 5.92 Å². The lowest BCUT2D eigenvalue weighted by molar-refractivity contribution is 0.0351. The van der Waals surface area contributed by atoms with Gasteiger partial charge in [0, 0.05) is 12.5 Å². The highest BCUT2D eigenvalue weighted by atomic mass is 35.5. The summed E-state index contributed by atoms with van der Waals surface area (Å²) in [6.07, 6.45) is 6.76. The van der Waals surface area contributed by atoms with Crippen molar-refractivity contribution < 1.29 is 4.74 Å². The van der Waals surface area contributed by atoms with Crippen molar-refractivity contribution in [3.8, 4) is 0 Å². The Bertz CT molecular complexity index is 323. The molecule has 1 aromatic rings. The smallest absolute Gasteiger partial charge is 0.122 e. The molecule has 0 radical (unpaired) electrons. The molecule has 0 amide bonds. The normalized spacial score (nSPS) is 19.9. The maximum Gasteiger partial charge on any atom is 0.122 e. The third-order valence-electron chi connectivity index (χ3n) is 3.28. The third-order valence-corrected chi connectivity index (χ3v) is 4.51. The van der Waals surface area contributed by atoms with E-state index < -0.39 is 0 Å². The zero-order valence-electron chi connectivity index (χ0n) is 9.62. The first-order chi connectivity index (χ1) is 7.85. The number of rotatable bonds is 4. The molecule has 0 spiro atoms. The molecule has 1 heterocycles. The SMILES string of the molecule is COC(c1nc(CCl)cs1)C1CCCCC1. The van der Waals surface area contributed by atoms with Crippen LogP contribution in [0.3, 0.4) is 0 Å². The summed E-state index contributed by atoms with van der Waals surface area (Å²) in [5.41, 5.74) is 0.972. The molecule has 0 aromatic carbocycles. The average molecular weight is 260 g/mol. The van der Waals surface area contributed by atoms with Crippen molar-refractivity contribution in [1.29, 1.82) is 0 Å². The summed E-state index contributed by atoms with van der Waals surface area (Å²) in [5.74, 6) is 1.14. The summed E-state index contributed by atoms with van der Waals surface area (Å²) in [7, 11) is 1.79. The Hall–Kier alpha value is -0.120. The minimum absolute atomic E-state index is 0.183. The van der Waals surface area contributed by atoms with Crippen LogP contribution in [0.25, 0.3) is 0 Å². The minimum atomic E-state index is 0.183. The Balaban J connectivity index is 2.08. The van der Waals surface area contributed by atoms with Crippen molar-refractivity contribution in [2.24, 2.45) is 5.92 Å². The highest BCUT2D eigenvalue weighted by Crippen LogP contribution is 2.37. The maximum atomic E-state index is 5.78. The number of hydrogen-bond acceptors (Lipinski definition) is 3. The van der Waals surface area contributed by atoms with Gasteiger partial charge in [-0.1, -0.05) is 19.3 Å². The van der Waals surface area contributed by atoms with Crippen LogP contribution in [-0.4, -0.2) is 12.1 Å². The van der Waals surface area contributed by atoms with E-state index in [1.54, 1.807) is 18.4 Å². The monoisotopic (exact) mass is 259 g/mol. The molecule has 0 saturated heterocycles. The molecule has 1 atom stereocenters. The van der Waals surface area contributed by atoms with Crippen LogP contribution in [0.2, 0.25) is 0 Å². The van der Waals surface area contributed by atoms with E-state index in [4.69, 9.17) is 16.3 Å². The van der Waals surface area contributed by atoms with Gasteiger partial charge in [-0.05, 0) is 18.8 Å². The van der Waals surface area contributed by atoms with E-state index in [2.05, 4.69) is 4.98 Å². The van der Waals surface area contributed by atoms with E-state index >= 15 is 0 Å². The standard InChI is InChI=1S/C12H18ClNOS/c1-15-11(9-5-3-2-4-6-9)12-14-10(7-13)8-16-12/h8-9,11H,2-7H2,1H3. The van der Waals surface area contributed by atoms with Crippen molar-refractivity contribution in [3.63, 3.8) is 0 Å². The topological polar surface area (TPSA) is 22.1 Å². The molecular formula is C12H18ClNOS. The molecule has 4 heteroatoms. The molecule has 0 N–H and O–H groups in total. The largest absolute Gasteiger partial charge is 0.374 e. The van der Waals surface area contributed by atoms with E-state index in [1.165, 1.54) is 32.1 Å². The summed E-state index contributed by atoms with van der Waals surface area (Å²) in [6, 6.07) is 0. The average Bonchev–Trinajstić information content (AvgIpc) is 2.80. The zero-order chi connectivity index (χ0) is 11.4. The van der Waals surface area contributed by atoms with Crippen molar-refractivity contribution in [1.82, 2.24) is 4.98 Å². The summed E-state index contributed by atoms with van der Waals surface area (Å²) in [6.45, 7) is 0. The molecule has 1 saturated carbocycles. The number of alkyl halides is 1. The van der Waals surface area contributed by atoms with Crippen LogP contribution < -0.4 is 0 Å². The Morgan fingerprint density at radius 2 is 2.25 bits per heavy atom. The van der Waals surface area contributed by atoms with Crippen LogP contribution in [0.5, 0.6) is 0 Å². The van der Waals surface area contributed by atoms with Crippen LogP contribution in [0.15, 0.2) is 5.38 Å². The van der Waals surface area contributed by atoms with Gasteiger partial charge in [0.25, 0.3) is 0 Å². The van der Waals surface area contributed by atoms with E-state index in [9.17, 15) is 0 Å². The fourth-order valence-electron chi connectivity index (χ4n) is 2.45. The van der Waals surface area contributed by atoms with Gasteiger partial charge < -0.3 is 4.74 Å². The van der Waals surface area contributed by atoms with E-state index in [0.29, 0.717) is 11.8 Å². The van der Waals surface area contributed by atoms with Crippen LogP contribution in [0.1, 0.15) is 48.9 Å². The van der Waals surface area contributed by atoms with Crippen molar-refractivity contribution in [3.05, 3.63) is 16.1 Å². The minimum Gasteiger partial charge on any atom is -0.374 e. The highest BCUT2D eigenvalue weighted by molar-refractivity contribution is 7.09. The van der Waals surface area contributed by atoms with Crippen LogP contribution in [0.4, 0.5) is 0 Å². The maximum absolute atomic E-state index is 5.78. The Morgan fingerprint density at radius 3 is 2.81 bits per heavy atom. The van der Waals surface area contributed by atoms with E-state index in [1.807, 2.05) is 5.38 Å². The second-order valence-corrected chi connectivity index (χ2v) is 5.52. The van der Waals surface area contributed by atoms with Gasteiger partial charge in [-0.15, -0.1) is 22.9 Å². The number of aromatic nitrogens is 1. The highest BCUT2D eigenvalue weighted by Gasteiger charge is 2.27. The van der Waals surface area contributed by atoms with Gasteiger partial charge in [0.1, 0.15) is 11.1 Å². The predicted molar refractivity (Wildman–Crippen MR) is 68.0 cm³/mol. The fraction of sp³-hybridized carbons (Fsp3) is 0.750. The lowest BCUT2D eigenvalue weighted by Crippen LogP contribution is -2.17. The van der Waals surface area contributed by atoms with Crippen LogP contribution >= 0.6 is 22.9 Å². The molecule has 1 unspecified atom stereocenters. The summed E-state index contributed by atoms with van der Waals surface area (Å²) in [4.78, 5) is 4.54. The van der Waals surface area contributed by atoms with Gasteiger partial charge in [0.05, 0.1) is 11.6 Å². The molecule has 2 nitrogen and oxygen atoms in total. The van der Waals surface area contributed by atoms with Gasteiger partial charge in [-0.2, -0.15) is 0 Å². The molecular weight excluding hydrogens is 242 g/mol. The number of ether oxygens (including phenoxy) is 1. The van der Waals surface area contributed by atoms with Gasteiger partial charge >= 0.3 is 0 Å². The third kappa shape index (κ3) is 2.76. The Morgan fingerprint density at radius 1 is 1.50 bits per heavy atom. The molecule has 0 bridgehead atoms. The fourth-order valence-corrected chi connectivity index (χ4v) is 3.66. The van der Waals surface area contributed by atoms with Gasteiger partial charge in [0.15, 0.2) is 0 Å². The molecule has 16 heavy (non-hydrogen) atoms. The second-order valence-electron chi connectivity index (χ2n) is 4.37. The quantitative estimate of drug-likeness (QED) is 0.758. The van der Waals surface area contributed by atoms with Gasteiger partial charge in [0.2, 0.25) is 0 Å². The van der Waals surface area contributed by atoms with Gasteiger partial charge in [-0.25, -0.2) is 4.98 Å². The van der Waals surface area contributed by atoms with Crippen molar-refractivity contribution >= 4 is 22.9 Å². The first kappa shape index (κ1) is 12.3. The number of thiazole rings is 1. The summed E-state index contributed by atoms with van der Waals surface area (Å²) >= 11 is 7.46. The molecule has 1 fully saturated rings. The van der Waals surface area contributed by atoms with Crippen molar-refractivity contribution in [2.45, 2.75) is 44.1 Å². The number of hydrogen-bond donors (Lipinski definition) is 0. The first-order valence-electron chi connectivity index (χ1n) is 5.88. The summed E-state index contributed by atoms with van der Waals surface area (Å²) < 4.78 is 5.64. The Kier molecular flexibility index (Phi) is 4.62. The molecule has 1 aliphatic rings. The predicted octanol–water partition coefficient (Wildman–Crippen LogP) is 4.15. The number of methoxy groups -OCH3 is 1. The molecule has 1 aliphatic carbocycles. The molecule has 90 valence electrons. The lowest BCUT2D eigenvalue weighted by atomic mass is 9.85. The van der Waals surface area contributed by atoms with E-state index in [0.717, 1.165) is 10.7 Å².